The fraction of sp³-hybridized carbons (Fsp3) is 0.333. The van der Waals surface area contributed by atoms with Crippen molar-refractivity contribution in [1.29, 1.82) is 0 Å². The average molecular weight is 533 g/mol. The normalized spacial score (nSPS) is 14.3. The van der Waals surface area contributed by atoms with Crippen molar-refractivity contribution in [3.63, 3.8) is 0 Å². The number of carbonyl (C=O) groups is 1. The van der Waals surface area contributed by atoms with Crippen LogP contribution in [-0.4, -0.2) is 60.8 Å². The molecular formula is C30H34F2N6O. The molecule has 1 fully saturated rings. The number of carbonyl (C=O) groups excluding carboxylic acids is 1. The van der Waals surface area contributed by atoms with E-state index in [0.717, 1.165) is 66.6 Å². The van der Waals surface area contributed by atoms with Crippen LogP contribution in [0.2, 0.25) is 0 Å². The molecule has 0 radical (unpaired) electrons. The lowest BCUT2D eigenvalue weighted by molar-refractivity contribution is 0.102. The fourth-order valence-corrected chi connectivity index (χ4v) is 4.84. The molecule has 3 N–H and O–H groups in total. The number of anilines is 3. The second-order valence-electron chi connectivity index (χ2n) is 10.7. The van der Waals surface area contributed by atoms with Gasteiger partial charge in [0, 0.05) is 55.6 Å². The highest BCUT2D eigenvalue weighted by Gasteiger charge is 2.19. The molecule has 0 aliphatic carbocycles. The lowest BCUT2D eigenvalue weighted by Crippen LogP contribution is -2.44. The zero-order chi connectivity index (χ0) is 27.5. The number of amides is 1. The topological polar surface area (TPSA) is 76.3 Å². The lowest BCUT2D eigenvalue weighted by Gasteiger charge is -2.34. The zero-order valence-electron chi connectivity index (χ0n) is 22.5. The minimum atomic E-state index is -0.608. The number of piperazine rings is 1. The maximum Gasteiger partial charge on any atom is 0.258 e. The smallest absolute Gasteiger partial charge is 0.258 e. The van der Waals surface area contributed by atoms with Gasteiger partial charge >= 0.3 is 0 Å². The van der Waals surface area contributed by atoms with Crippen molar-refractivity contribution in [2.45, 2.75) is 20.3 Å². The van der Waals surface area contributed by atoms with Crippen molar-refractivity contribution in [3.8, 4) is 0 Å². The largest absolute Gasteiger partial charge is 0.384 e. The Balaban J connectivity index is 1.39. The van der Waals surface area contributed by atoms with Crippen LogP contribution in [-0.2, 0) is 6.42 Å². The number of likely N-dealkylation sites (N-methyl/N-ethyl adjacent to an activating group) is 1. The third kappa shape index (κ3) is 6.37. The van der Waals surface area contributed by atoms with E-state index in [9.17, 15) is 13.6 Å². The Kier molecular flexibility index (Phi) is 7.79. The van der Waals surface area contributed by atoms with Crippen LogP contribution in [0.3, 0.4) is 0 Å². The number of halogens is 2. The molecule has 0 saturated carbocycles. The second-order valence-corrected chi connectivity index (χ2v) is 10.7. The Morgan fingerprint density at radius 2 is 1.72 bits per heavy atom. The summed E-state index contributed by atoms with van der Waals surface area (Å²) in [5, 5.41) is 14.4. The summed E-state index contributed by atoms with van der Waals surface area (Å²) in [6.45, 7) is 8.87. The first-order valence-corrected chi connectivity index (χ1v) is 13.3. The van der Waals surface area contributed by atoms with Gasteiger partial charge in [0.1, 0.15) is 11.6 Å². The van der Waals surface area contributed by atoms with Crippen molar-refractivity contribution >= 4 is 34.0 Å². The van der Waals surface area contributed by atoms with Crippen molar-refractivity contribution in [3.05, 3.63) is 82.9 Å². The van der Waals surface area contributed by atoms with E-state index in [-0.39, 0.29) is 5.91 Å². The monoisotopic (exact) mass is 532 g/mol. The molecule has 4 aromatic rings. The summed E-state index contributed by atoms with van der Waals surface area (Å²) in [7, 11) is 2.13. The molecule has 7 nitrogen and oxygen atoms in total. The van der Waals surface area contributed by atoms with Gasteiger partial charge < -0.3 is 20.4 Å². The zero-order valence-corrected chi connectivity index (χ0v) is 22.5. The molecule has 2 heterocycles. The van der Waals surface area contributed by atoms with Crippen LogP contribution in [0.5, 0.6) is 0 Å². The standard InChI is InChI=1S/C30H34F2N6O/c1-19(2)18-33-28-17-24(38-10-8-37(3)9-11-38)5-6-25(28)30(39)34-29-26-15-20(4-7-27(26)35-36-29)12-21-13-22(31)16-23(32)14-21/h4-7,13-17,19,33H,8-12,18H2,1-3H3,(H2,34,35,36,39). The summed E-state index contributed by atoms with van der Waals surface area (Å²) in [5.41, 5.74) is 4.54. The average Bonchev–Trinajstić information content (AvgIpc) is 3.29. The van der Waals surface area contributed by atoms with Crippen molar-refractivity contribution < 1.29 is 13.6 Å². The lowest BCUT2D eigenvalue weighted by atomic mass is 10.0. The number of benzene rings is 3. The van der Waals surface area contributed by atoms with E-state index in [0.29, 0.717) is 29.3 Å². The van der Waals surface area contributed by atoms with Gasteiger partial charge in [-0.1, -0.05) is 19.9 Å². The van der Waals surface area contributed by atoms with E-state index in [2.05, 4.69) is 57.6 Å². The Morgan fingerprint density at radius 3 is 2.44 bits per heavy atom. The maximum absolute atomic E-state index is 13.7. The molecule has 1 aliphatic rings. The van der Waals surface area contributed by atoms with Crippen molar-refractivity contribution in [2.75, 3.05) is 55.3 Å². The highest BCUT2D eigenvalue weighted by molar-refractivity contribution is 6.11. The molecule has 0 unspecified atom stereocenters. The van der Waals surface area contributed by atoms with Crippen molar-refractivity contribution in [1.82, 2.24) is 15.1 Å². The summed E-state index contributed by atoms with van der Waals surface area (Å²) >= 11 is 0. The SMILES string of the molecule is CC(C)CNc1cc(N2CCN(C)CC2)ccc1C(=O)Nc1n[nH]c2ccc(Cc3cc(F)cc(F)c3)cc12. The molecule has 1 saturated heterocycles. The maximum atomic E-state index is 13.7. The number of nitrogens with one attached hydrogen (secondary N) is 3. The molecule has 0 spiro atoms. The third-order valence-electron chi connectivity index (χ3n) is 7.01. The van der Waals surface area contributed by atoms with Crippen LogP contribution in [0.25, 0.3) is 10.9 Å². The van der Waals surface area contributed by atoms with E-state index < -0.39 is 11.6 Å². The van der Waals surface area contributed by atoms with Crippen LogP contribution < -0.4 is 15.5 Å². The summed E-state index contributed by atoms with van der Waals surface area (Å²) in [6.07, 6.45) is 0.347. The summed E-state index contributed by atoms with van der Waals surface area (Å²) in [6, 6.07) is 15.0. The molecule has 1 aliphatic heterocycles. The number of H-pyrrole nitrogens is 1. The minimum Gasteiger partial charge on any atom is -0.384 e. The second kappa shape index (κ2) is 11.4. The summed E-state index contributed by atoms with van der Waals surface area (Å²) in [4.78, 5) is 18.1. The quantitative estimate of drug-likeness (QED) is 0.279. The van der Waals surface area contributed by atoms with E-state index in [1.165, 1.54) is 12.1 Å². The predicted molar refractivity (Wildman–Crippen MR) is 153 cm³/mol. The van der Waals surface area contributed by atoms with Gasteiger partial charge in [-0.2, -0.15) is 5.10 Å². The molecule has 0 bridgehead atoms. The highest BCUT2D eigenvalue weighted by atomic mass is 19.1. The molecule has 204 valence electrons. The van der Waals surface area contributed by atoms with Crippen LogP contribution >= 0.6 is 0 Å². The minimum absolute atomic E-state index is 0.266. The molecular weight excluding hydrogens is 498 g/mol. The highest BCUT2D eigenvalue weighted by Crippen LogP contribution is 2.28. The number of aromatic nitrogens is 2. The number of hydrogen-bond acceptors (Lipinski definition) is 5. The van der Waals surface area contributed by atoms with Gasteiger partial charge in [-0.05, 0) is 73.0 Å². The fourth-order valence-electron chi connectivity index (χ4n) is 4.84. The van der Waals surface area contributed by atoms with E-state index in [1.54, 1.807) is 0 Å². The molecule has 9 heteroatoms. The van der Waals surface area contributed by atoms with Gasteiger partial charge in [0.2, 0.25) is 0 Å². The summed E-state index contributed by atoms with van der Waals surface area (Å²) < 4.78 is 27.3. The number of hydrogen-bond donors (Lipinski definition) is 3. The Morgan fingerprint density at radius 1 is 0.974 bits per heavy atom. The van der Waals surface area contributed by atoms with Crippen LogP contribution in [0.15, 0.2) is 54.6 Å². The van der Waals surface area contributed by atoms with Gasteiger partial charge in [0.15, 0.2) is 5.82 Å². The first-order valence-electron chi connectivity index (χ1n) is 13.3. The van der Waals surface area contributed by atoms with Gasteiger partial charge in [-0.25, -0.2) is 8.78 Å². The van der Waals surface area contributed by atoms with E-state index >= 15 is 0 Å². The van der Waals surface area contributed by atoms with Crippen LogP contribution in [0, 0.1) is 17.6 Å². The van der Waals surface area contributed by atoms with Crippen molar-refractivity contribution in [2.24, 2.45) is 5.92 Å². The van der Waals surface area contributed by atoms with Gasteiger partial charge in [0.05, 0.1) is 11.1 Å². The molecule has 1 aromatic heterocycles. The number of aromatic amines is 1. The molecule has 1 amide bonds. The van der Waals surface area contributed by atoms with E-state index in [1.807, 2.05) is 30.3 Å². The van der Waals surface area contributed by atoms with E-state index in [4.69, 9.17) is 0 Å². The molecule has 5 rings (SSSR count). The Bertz CT molecular complexity index is 1460. The Labute approximate surface area is 227 Å². The first-order chi connectivity index (χ1) is 18.7. The molecule has 0 atom stereocenters. The van der Waals surface area contributed by atoms with Gasteiger partial charge in [-0.15, -0.1) is 0 Å². The number of fused-ring (bicyclic) bond motifs is 1. The Hall–Kier alpha value is -3.98. The molecule has 3 aromatic carbocycles. The van der Waals surface area contributed by atoms with Crippen LogP contribution in [0.1, 0.15) is 35.3 Å². The third-order valence-corrected chi connectivity index (χ3v) is 7.01. The molecule has 39 heavy (non-hydrogen) atoms. The number of rotatable bonds is 8. The van der Waals surface area contributed by atoms with Gasteiger partial charge in [0.25, 0.3) is 5.91 Å². The number of nitrogens with zero attached hydrogens (tertiary/aromatic N) is 3. The van der Waals surface area contributed by atoms with Crippen LogP contribution in [0.4, 0.5) is 26.0 Å². The summed E-state index contributed by atoms with van der Waals surface area (Å²) in [5.74, 6) is -0.670. The van der Waals surface area contributed by atoms with Gasteiger partial charge in [-0.3, -0.25) is 9.89 Å². The first kappa shape index (κ1) is 26.6. The predicted octanol–water partition coefficient (Wildman–Crippen LogP) is 5.50.